The molecule has 120 valence electrons. The third-order valence-electron chi connectivity index (χ3n) is 5.55. The molecular weight excluding hydrogens is 274 g/mol. The van der Waals surface area contributed by atoms with Crippen molar-refractivity contribution in [3.05, 3.63) is 35.9 Å². The molecule has 4 nitrogen and oxygen atoms in total. The van der Waals surface area contributed by atoms with Gasteiger partial charge >= 0.3 is 6.03 Å². The Morgan fingerprint density at radius 3 is 2.55 bits per heavy atom. The van der Waals surface area contributed by atoms with Crippen molar-refractivity contribution in [1.29, 1.82) is 0 Å². The third-order valence-corrected chi connectivity index (χ3v) is 5.55. The summed E-state index contributed by atoms with van der Waals surface area (Å²) in [5.41, 5.74) is 1.67. The summed E-state index contributed by atoms with van der Waals surface area (Å²) in [5.74, 6) is 0. The minimum Gasteiger partial charge on any atom is -0.331 e. The molecule has 2 heterocycles. The summed E-state index contributed by atoms with van der Waals surface area (Å²) < 4.78 is 0. The number of carbonyl (C=O) groups excluding carboxylic acids is 1. The van der Waals surface area contributed by atoms with Crippen molar-refractivity contribution in [2.24, 2.45) is 0 Å². The predicted molar refractivity (Wildman–Crippen MR) is 89.0 cm³/mol. The van der Waals surface area contributed by atoms with E-state index < -0.39 is 0 Å². The Hall–Kier alpha value is -1.55. The zero-order valence-electron chi connectivity index (χ0n) is 14.0. The van der Waals surface area contributed by atoms with E-state index in [2.05, 4.69) is 42.2 Å². The monoisotopic (exact) mass is 301 g/mol. The molecule has 0 unspecified atom stereocenters. The van der Waals surface area contributed by atoms with Crippen molar-refractivity contribution >= 4 is 6.03 Å². The Bertz CT molecular complexity index is 530. The molecular formula is C18H27N3O. The lowest BCUT2D eigenvalue weighted by molar-refractivity contribution is 0.0906. The lowest BCUT2D eigenvalue weighted by Gasteiger charge is -2.47. The van der Waals surface area contributed by atoms with Crippen LogP contribution in [0, 0.1) is 0 Å². The summed E-state index contributed by atoms with van der Waals surface area (Å²) in [6, 6.07) is 11.5. The van der Waals surface area contributed by atoms with Crippen LogP contribution in [0.25, 0.3) is 0 Å². The van der Waals surface area contributed by atoms with Crippen molar-refractivity contribution in [2.75, 3.05) is 40.3 Å². The van der Waals surface area contributed by atoms with E-state index in [1.54, 1.807) is 4.90 Å². The second-order valence-corrected chi connectivity index (χ2v) is 6.79. The quantitative estimate of drug-likeness (QED) is 0.839. The summed E-state index contributed by atoms with van der Waals surface area (Å²) in [4.78, 5) is 18.6. The van der Waals surface area contributed by atoms with Gasteiger partial charge in [-0.15, -0.1) is 0 Å². The van der Waals surface area contributed by atoms with Gasteiger partial charge in [0.15, 0.2) is 0 Å². The number of likely N-dealkylation sites (N-methyl/N-ethyl adjacent to an activating group) is 1. The Labute approximate surface area is 133 Å². The minimum absolute atomic E-state index is 0.143. The number of nitrogens with zero attached hydrogens (tertiary/aromatic N) is 3. The number of hydrogen-bond donors (Lipinski definition) is 0. The molecule has 0 spiro atoms. The molecule has 2 aliphatic rings. The molecule has 4 heteroatoms. The van der Waals surface area contributed by atoms with E-state index in [1.807, 2.05) is 19.0 Å². The second-order valence-electron chi connectivity index (χ2n) is 6.79. The molecule has 0 aliphatic carbocycles. The van der Waals surface area contributed by atoms with Gasteiger partial charge in [-0.3, -0.25) is 4.90 Å². The first-order valence-electron chi connectivity index (χ1n) is 8.34. The molecule has 2 saturated heterocycles. The van der Waals surface area contributed by atoms with Gasteiger partial charge in [0.25, 0.3) is 0 Å². The zero-order valence-corrected chi connectivity index (χ0v) is 14.0. The van der Waals surface area contributed by atoms with Gasteiger partial charge in [-0.05, 0) is 31.5 Å². The molecule has 2 amide bonds. The van der Waals surface area contributed by atoms with Gasteiger partial charge in [-0.2, -0.15) is 0 Å². The zero-order chi connectivity index (χ0) is 15.7. The predicted octanol–water partition coefficient (Wildman–Crippen LogP) is 2.41. The molecule has 0 bridgehead atoms. The minimum atomic E-state index is 0.143. The average molecular weight is 301 g/mol. The van der Waals surface area contributed by atoms with Crippen molar-refractivity contribution in [3.8, 4) is 0 Å². The van der Waals surface area contributed by atoms with E-state index in [0.29, 0.717) is 6.04 Å². The van der Waals surface area contributed by atoms with Crippen LogP contribution in [0.4, 0.5) is 4.79 Å². The van der Waals surface area contributed by atoms with Gasteiger partial charge in [-0.1, -0.05) is 37.3 Å². The van der Waals surface area contributed by atoms with Crippen LogP contribution in [-0.4, -0.2) is 67.0 Å². The van der Waals surface area contributed by atoms with Gasteiger partial charge in [0.2, 0.25) is 0 Å². The van der Waals surface area contributed by atoms with Crippen molar-refractivity contribution in [3.63, 3.8) is 0 Å². The van der Waals surface area contributed by atoms with Crippen LogP contribution >= 0.6 is 0 Å². The molecule has 0 aromatic heterocycles. The lowest BCUT2D eigenvalue weighted by Crippen LogP contribution is -2.58. The number of piperidine rings is 1. The smallest absolute Gasteiger partial charge is 0.319 e. The molecule has 2 aliphatic heterocycles. The number of fused-ring (bicyclic) bond motifs is 1. The topological polar surface area (TPSA) is 26.8 Å². The number of rotatable bonds is 2. The van der Waals surface area contributed by atoms with Crippen molar-refractivity contribution < 1.29 is 4.79 Å². The molecule has 2 atom stereocenters. The highest BCUT2D eigenvalue weighted by atomic mass is 16.2. The average Bonchev–Trinajstić information content (AvgIpc) is 2.93. The van der Waals surface area contributed by atoms with E-state index in [4.69, 9.17) is 0 Å². The Morgan fingerprint density at radius 2 is 1.91 bits per heavy atom. The number of hydrogen-bond acceptors (Lipinski definition) is 2. The van der Waals surface area contributed by atoms with Crippen LogP contribution in [0.5, 0.6) is 0 Å². The highest BCUT2D eigenvalue weighted by Crippen LogP contribution is 2.45. The van der Waals surface area contributed by atoms with E-state index in [0.717, 1.165) is 32.6 Å². The number of amides is 2. The van der Waals surface area contributed by atoms with Gasteiger partial charge < -0.3 is 9.80 Å². The summed E-state index contributed by atoms with van der Waals surface area (Å²) in [5, 5.41) is 0. The van der Waals surface area contributed by atoms with E-state index in [-0.39, 0.29) is 11.4 Å². The van der Waals surface area contributed by atoms with Crippen LogP contribution < -0.4 is 0 Å². The maximum Gasteiger partial charge on any atom is 0.319 e. The first kappa shape index (κ1) is 15.3. The highest BCUT2D eigenvalue weighted by molar-refractivity contribution is 5.74. The molecule has 0 radical (unpaired) electrons. The van der Waals surface area contributed by atoms with Gasteiger partial charge in [-0.25, -0.2) is 4.79 Å². The van der Waals surface area contributed by atoms with E-state index >= 15 is 0 Å². The fourth-order valence-corrected chi connectivity index (χ4v) is 4.32. The molecule has 0 saturated carbocycles. The summed E-state index contributed by atoms with van der Waals surface area (Å²) >= 11 is 0. The molecule has 3 rings (SSSR count). The van der Waals surface area contributed by atoms with Gasteiger partial charge in [0, 0.05) is 38.6 Å². The van der Waals surface area contributed by atoms with Gasteiger partial charge in [0.1, 0.15) is 0 Å². The van der Waals surface area contributed by atoms with Crippen LogP contribution in [0.3, 0.4) is 0 Å². The first-order chi connectivity index (χ1) is 10.6. The van der Waals surface area contributed by atoms with E-state index in [9.17, 15) is 4.79 Å². The Kier molecular flexibility index (Phi) is 4.13. The van der Waals surface area contributed by atoms with Crippen LogP contribution in [0.15, 0.2) is 30.3 Å². The second kappa shape index (κ2) is 5.92. The summed E-state index contributed by atoms with van der Waals surface area (Å²) in [7, 11) is 3.68. The Balaban J connectivity index is 1.90. The standard InChI is InChI=1S/C18H27N3O/c1-4-20-12-10-18(15-8-6-5-7-9-15)11-13-21(14-16(18)20)17(22)19(2)3/h5-9,16H,4,10-14H2,1-3H3/t16-,18+/m1/s1. The van der Waals surface area contributed by atoms with Crippen LogP contribution in [-0.2, 0) is 5.41 Å². The fraction of sp³-hybridized carbons (Fsp3) is 0.611. The van der Waals surface area contributed by atoms with Crippen LogP contribution in [0.1, 0.15) is 25.3 Å². The van der Waals surface area contributed by atoms with Gasteiger partial charge in [0.05, 0.1) is 0 Å². The fourth-order valence-electron chi connectivity index (χ4n) is 4.32. The first-order valence-corrected chi connectivity index (χ1v) is 8.34. The molecule has 2 fully saturated rings. The van der Waals surface area contributed by atoms with Crippen molar-refractivity contribution in [2.45, 2.75) is 31.2 Å². The Morgan fingerprint density at radius 1 is 1.23 bits per heavy atom. The number of likely N-dealkylation sites (tertiary alicyclic amines) is 2. The van der Waals surface area contributed by atoms with Crippen molar-refractivity contribution in [1.82, 2.24) is 14.7 Å². The SMILES string of the molecule is CCN1CC[C@@]2(c3ccccc3)CCN(C(=O)N(C)C)C[C@@H]12. The summed E-state index contributed by atoms with van der Waals surface area (Å²) in [6.07, 6.45) is 2.28. The number of urea groups is 1. The third kappa shape index (κ3) is 2.39. The maximum absolute atomic E-state index is 12.4. The molecule has 1 aromatic rings. The normalized spacial score (nSPS) is 28.5. The molecule has 22 heavy (non-hydrogen) atoms. The highest BCUT2D eigenvalue weighted by Gasteiger charge is 2.51. The van der Waals surface area contributed by atoms with Crippen LogP contribution in [0.2, 0.25) is 0 Å². The summed E-state index contributed by atoms with van der Waals surface area (Å²) in [6.45, 7) is 6.14. The molecule has 0 N–H and O–H groups in total. The lowest BCUT2D eigenvalue weighted by atomic mass is 9.69. The van der Waals surface area contributed by atoms with E-state index in [1.165, 1.54) is 12.0 Å². The number of carbonyl (C=O) groups is 1. The maximum atomic E-state index is 12.4. The largest absolute Gasteiger partial charge is 0.331 e. The molecule has 1 aromatic carbocycles. The number of benzene rings is 1.